The highest BCUT2D eigenvalue weighted by Crippen LogP contribution is 2.31. The molecule has 0 bridgehead atoms. The van der Waals surface area contributed by atoms with Gasteiger partial charge < -0.3 is 4.98 Å². The summed E-state index contributed by atoms with van der Waals surface area (Å²) >= 11 is 5.70. The molecule has 0 aliphatic heterocycles. The zero-order chi connectivity index (χ0) is 14.2. The van der Waals surface area contributed by atoms with Crippen molar-refractivity contribution in [2.24, 2.45) is 0 Å². The van der Waals surface area contributed by atoms with Crippen molar-refractivity contribution in [1.82, 2.24) is 4.98 Å². The molecule has 0 atom stereocenters. The summed E-state index contributed by atoms with van der Waals surface area (Å²) in [5.74, 6) is 0. The molecule has 0 saturated carbocycles. The number of nitrogens with zero attached hydrogens (tertiary/aromatic N) is 1. The Labute approximate surface area is 113 Å². The van der Waals surface area contributed by atoms with Gasteiger partial charge in [0.1, 0.15) is 19.6 Å². The van der Waals surface area contributed by atoms with Crippen molar-refractivity contribution in [2.75, 3.05) is 0 Å². The Kier molecular flexibility index (Phi) is 3.33. The first-order chi connectivity index (χ1) is 8.84. The van der Waals surface area contributed by atoms with Crippen LogP contribution in [0.2, 0.25) is 5.02 Å². The number of hydrogen-bond donors (Lipinski definition) is 1. The average Bonchev–Trinajstić information content (AvgIpc) is 2.67. The molecule has 1 aromatic heterocycles. The molecule has 0 aliphatic rings. The third kappa shape index (κ3) is 2.47. The average molecular weight is 280 g/mol. The lowest BCUT2D eigenvalue weighted by atomic mass is 9.90. The van der Waals surface area contributed by atoms with E-state index in [0.717, 1.165) is 0 Å². The van der Waals surface area contributed by atoms with Crippen LogP contribution in [0.25, 0.3) is 11.3 Å². The van der Waals surface area contributed by atoms with Gasteiger partial charge in [0, 0.05) is 5.02 Å². The fourth-order valence-corrected chi connectivity index (χ4v) is 1.81. The zero-order valence-corrected chi connectivity index (χ0v) is 10.1. The van der Waals surface area contributed by atoms with E-state index in [1.54, 1.807) is 6.07 Å². The lowest BCUT2D eigenvalue weighted by Gasteiger charge is -2.04. The summed E-state index contributed by atoms with van der Waals surface area (Å²) in [5, 5.41) is 9.39. The third-order valence-electron chi connectivity index (χ3n) is 2.57. The first kappa shape index (κ1) is 13.6. The van der Waals surface area contributed by atoms with Gasteiger partial charge in [-0.2, -0.15) is 18.4 Å². The molecule has 1 N–H and O–H groups in total. The van der Waals surface area contributed by atoms with Crippen molar-refractivity contribution >= 4 is 24.9 Å². The van der Waals surface area contributed by atoms with E-state index in [9.17, 15) is 13.2 Å². The van der Waals surface area contributed by atoms with E-state index in [4.69, 9.17) is 24.7 Å². The molecule has 2 aromatic rings. The summed E-state index contributed by atoms with van der Waals surface area (Å²) in [4.78, 5) is 2.16. The maximum absolute atomic E-state index is 12.7. The number of benzene rings is 1. The van der Waals surface area contributed by atoms with Crippen LogP contribution in [0.5, 0.6) is 0 Å². The molecule has 1 aromatic carbocycles. The van der Waals surface area contributed by atoms with Gasteiger partial charge >= 0.3 is 6.18 Å². The lowest BCUT2D eigenvalue weighted by Crippen LogP contribution is -2.19. The molecular formula is C12H5BClF3N2. The number of alkyl halides is 3. The van der Waals surface area contributed by atoms with Crippen LogP contribution in [0.3, 0.4) is 0 Å². The van der Waals surface area contributed by atoms with Crippen molar-refractivity contribution in [2.45, 2.75) is 6.18 Å². The van der Waals surface area contributed by atoms with Gasteiger partial charge in [0.25, 0.3) is 0 Å². The number of H-pyrrole nitrogens is 1. The largest absolute Gasteiger partial charge is 0.430 e. The first-order valence-corrected chi connectivity index (χ1v) is 5.47. The fourth-order valence-electron chi connectivity index (χ4n) is 1.69. The quantitative estimate of drug-likeness (QED) is 0.801. The van der Waals surface area contributed by atoms with Gasteiger partial charge in [0.05, 0.1) is 11.3 Å². The van der Waals surface area contributed by atoms with Crippen LogP contribution < -0.4 is 5.46 Å². The SMILES string of the molecule is [B]c1c(C(F)(F)F)[nH]c(-c2ccc(Cl)cc2)c1C#N. The number of halogens is 4. The van der Waals surface area contributed by atoms with Gasteiger partial charge in [0.2, 0.25) is 0 Å². The highest BCUT2D eigenvalue weighted by molar-refractivity contribution is 6.35. The van der Waals surface area contributed by atoms with Crippen molar-refractivity contribution in [3.05, 3.63) is 40.5 Å². The molecule has 0 unspecified atom stereocenters. The van der Waals surface area contributed by atoms with E-state index < -0.39 is 17.3 Å². The van der Waals surface area contributed by atoms with Crippen molar-refractivity contribution in [3.63, 3.8) is 0 Å². The van der Waals surface area contributed by atoms with E-state index in [1.165, 1.54) is 24.3 Å². The maximum atomic E-state index is 12.7. The minimum atomic E-state index is -4.64. The minimum Gasteiger partial charge on any atom is -0.350 e. The normalized spacial score (nSPS) is 11.3. The van der Waals surface area contributed by atoms with Gasteiger partial charge in [0.15, 0.2) is 0 Å². The van der Waals surface area contributed by atoms with E-state index in [1.807, 2.05) is 0 Å². The third-order valence-corrected chi connectivity index (χ3v) is 2.82. The number of nitriles is 1. The molecule has 19 heavy (non-hydrogen) atoms. The Morgan fingerprint density at radius 2 is 1.79 bits per heavy atom. The van der Waals surface area contributed by atoms with Crippen molar-refractivity contribution in [3.8, 4) is 17.3 Å². The molecule has 0 spiro atoms. The summed E-state index contributed by atoms with van der Waals surface area (Å²) in [7, 11) is 5.37. The number of hydrogen-bond acceptors (Lipinski definition) is 1. The van der Waals surface area contributed by atoms with Crippen LogP contribution >= 0.6 is 11.6 Å². The Morgan fingerprint density at radius 3 is 2.26 bits per heavy atom. The van der Waals surface area contributed by atoms with Gasteiger partial charge in [-0.05, 0) is 23.2 Å². The first-order valence-electron chi connectivity index (χ1n) is 5.09. The van der Waals surface area contributed by atoms with Gasteiger partial charge in [-0.1, -0.05) is 23.7 Å². The molecule has 7 heteroatoms. The maximum Gasteiger partial charge on any atom is 0.430 e. The van der Waals surface area contributed by atoms with Crippen LogP contribution in [0, 0.1) is 11.3 Å². The second-order valence-corrected chi connectivity index (χ2v) is 4.22. The second-order valence-electron chi connectivity index (χ2n) is 3.78. The fraction of sp³-hybridized carbons (Fsp3) is 0.0833. The summed E-state index contributed by atoms with van der Waals surface area (Å²) in [5.41, 5.74) is -1.50. The monoisotopic (exact) mass is 280 g/mol. The van der Waals surface area contributed by atoms with Crippen LogP contribution in [-0.2, 0) is 6.18 Å². The van der Waals surface area contributed by atoms with Gasteiger partial charge in [-0.3, -0.25) is 0 Å². The number of aromatic nitrogens is 1. The predicted octanol–water partition coefficient (Wildman–Crippen LogP) is 3.02. The standard InChI is InChI=1S/C12H5BClF3N2/c13-9-8(5-18)10(19-11(9)12(15,16)17)6-1-3-7(14)4-2-6/h1-4,19H. The molecule has 94 valence electrons. The number of nitrogens with one attached hydrogen (secondary N) is 1. The van der Waals surface area contributed by atoms with Gasteiger partial charge in [-0.25, -0.2) is 0 Å². The van der Waals surface area contributed by atoms with Crippen LogP contribution in [0.4, 0.5) is 13.2 Å². The molecule has 2 rings (SSSR count). The Hall–Kier alpha value is -1.87. The molecule has 0 amide bonds. The van der Waals surface area contributed by atoms with E-state index >= 15 is 0 Å². The predicted molar refractivity (Wildman–Crippen MR) is 66.3 cm³/mol. The van der Waals surface area contributed by atoms with Crippen LogP contribution in [0.15, 0.2) is 24.3 Å². The highest BCUT2D eigenvalue weighted by atomic mass is 35.5. The van der Waals surface area contributed by atoms with E-state index in [0.29, 0.717) is 10.6 Å². The Bertz CT molecular complexity index is 653. The number of rotatable bonds is 1. The molecule has 0 fully saturated rings. The molecular weight excluding hydrogens is 275 g/mol. The molecule has 1 heterocycles. The smallest absolute Gasteiger partial charge is 0.350 e. The molecule has 0 aliphatic carbocycles. The Balaban J connectivity index is 2.65. The highest BCUT2D eigenvalue weighted by Gasteiger charge is 2.36. The molecule has 2 nitrogen and oxygen atoms in total. The van der Waals surface area contributed by atoms with E-state index in [2.05, 4.69) is 4.98 Å². The summed E-state index contributed by atoms with van der Waals surface area (Å²) in [6.07, 6.45) is -4.64. The summed E-state index contributed by atoms with van der Waals surface area (Å²) in [6, 6.07) is 7.73. The second kappa shape index (κ2) is 4.67. The number of aromatic amines is 1. The van der Waals surface area contributed by atoms with Crippen molar-refractivity contribution in [1.29, 1.82) is 5.26 Å². The van der Waals surface area contributed by atoms with Crippen molar-refractivity contribution < 1.29 is 13.2 Å². The topological polar surface area (TPSA) is 39.6 Å². The molecule has 0 saturated heterocycles. The van der Waals surface area contributed by atoms with Gasteiger partial charge in [-0.15, -0.1) is 0 Å². The van der Waals surface area contributed by atoms with Crippen LogP contribution in [0.1, 0.15) is 11.3 Å². The van der Waals surface area contributed by atoms with E-state index in [-0.39, 0.29) is 11.3 Å². The summed E-state index contributed by atoms with van der Waals surface area (Å²) in [6.45, 7) is 0. The zero-order valence-electron chi connectivity index (χ0n) is 9.35. The van der Waals surface area contributed by atoms with Crippen LogP contribution in [-0.4, -0.2) is 12.8 Å². The molecule has 2 radical (unpaired) electrons. The summed E-state index contributed by atoms with van der Waals surface area (Å²) < 4.78 is 38.1. The Morgan fingerprint density at radius 1 is 1.21 bits per heavy atom. The minimum absolute atomic E-state index is 0.0315. The lowest BCUT2D eigenvalue weighted by molar-refractivity contribution is -0.139.